The number of nitrogens with one attached hydrogen (secondary N) is 2. The van der Waals surface area contributed by atoms with Gasteiger partial charge in [-0.05, 0) is 61.6 Å². The summed E-state index contributed by atoms with van der Waals surface area (Å²) in [6.07, 6.45) is -0.738. The Labute approximate surface area is 238 Å². The number of nitrogens with two attached hydrogens (primary N) is 1. The molecule has 1 heterocycles. The number of aromatic nitrogens is 1. The van der Waals surface area contributed by atoms with E-state index in [1.165, 1.54) is 29.5 Å². The molecule has 0 atom stereocenters. The lowest BCUT2D eigenvalue weighted by Crippen LogP contribution is -2.32. The quantitative estimate of drug-likeness (QED) is 0.146. The molecule has 40 heavy (non-hydrogen) atoms. The van der Waals surface area contributed by atoms with Crippen molar-refractivity contribution in [2.24, 2.45) is 5.73 Å². The van der Waals surface area contributed by atoms with E-state index in [9.17, 15) is 17.6 Å². The van der Waals surface area contributed by atoms with Crippen LogP contribution in [0.5, 0.6) is 5.75 Å². The van der Waals surface area contributed by atoms with Crippen molar-refractivity contribution in [1.29, 1.82) is 0 Å². The Morgan fingerprint density at radius 2 is 1.82 bits per heavy atom. The summed E-state index contributed by atoms with van der Waals surface area (Å²) in [4.78, 5) is 0.484. The first kappa shape index (κ1) is 31.5. The number of nitrogens with zero attached hydrogens (tertiary/aromatic N) is 1. The highest BCUT2D eigenvalue weighted by Crippen LogP contribution is 2.34. The minimum absolute atomic E-state index is 0.0943. The van der Waals surface area contributed by atoms with Crippen LogP contribution in [0.3, 0.4) is 0 Å². The number of alkyl halides is 3. The first-order valence-corrected chi connectivity index (χ1v) is 14.6. The Balaban J connectivity index is 0.00000216. The van der Waals surface area contributed by atoms with Gasteiger partial charge in [0.1, 0.15) is 18.1 Å². The van der Waals surface area contributed by atoms with Gasteiger partial charge in [-0.15, -0.1) is 11.8 Å². The van der Waals surface area contributed by atoms with Crippen molar-refractivity contribution in [3.05, 3.63) is 47.9 Å². The van der Waals surface area contributed by atoms with Crippen LogP contribution < -0.4 is 21.1 Å². The Morgan fingerprint density at radius 1 is 1.10 bits per heavy atom. The van der Waals surface area contributed by atoms with Gasteiger partial charge in [-0.2, -0.15) is 13.2 Å². The number of anilines is 2. The van der Waals surface area contributed by atoms with Gasteiger partial charge in [0.15, 0.2) is 0 Å². The van der Waals surface area contributed by atoms with Gasteiger partial charge in [0.25, 0.3) is 0 Å². The van der Waals surface area contributed by atoms with E-state index in [0.29, 0.717) is 27.2 Å². The number of fused-ring (bicyclic) bond motifs is 1. The van der Waals surface area contributed by atoms with Crippen LogP contribution >= 0.6 is 11.8 Å². The predicted molar refractivity (Wildman–Crippen MR) is 158 cm³/mol. The van der Waals surface area contributed by atoms with Crippen LogP contribution in [0.1, 0.15) is 52.1 Å². The summed E-state index contributed by atoms with van der Waals surface area (Å²) in [6, 6.07) is 10.4. The number of thioether (sulfide) groups is 1. The van der Waals surface area contributed by atoms with E-state index >= 15 is 0 Å². The number of hydrogen-bond donors (Lipinski definition) is 3. The highest BCUT2D eigenvalue weighted by atomic mass is 32.2. The van der Waals surface area contributed by atoms with Crippen LogP contribution in [0.4, 0.5) is 28.9 Å². The Morgan fingerprint density at radius 3 is 2.48 bits per heavy atom. The largest absolute Gasteiger partial charge is 0.495 e. The summed E-state index contributed by atoms with van der Waals surface area (Å²) in [5.41, 5.74) is 7.95. The standard InChI is InChI=1S/C28H32F4N4OS.C2H6/c1-3-38-27-16-26(37-2)24(15-22(27)29)34-13-5-6-20-14-21-23(35-19-11-9-18(33)10-12-19)7-4-8-25(21)36(20)17-28(30,31)32;1-2/h4,7-8,14-16,18-19,34-35H,3,9-13,17,33H2,1-2H3;1-2H3. The van der Waals surface area contributed by atoms with Crippen molar-refractivity contribution in [3.8, 4) is 17.6 Å². The number of ether oxygens (including phenoxy) is 1. The molecule has 1 aliphatic rings. The van der Waals surface area contributed by atoms with Gasteiger partial charge in [0.05, 0.1) is 30.6 Å². The lowest BCUT2D eigenvalue weighted by atomic mass is 9.91. The molecule has 3 aromatic rings. The smallest absolute Gasteiger partial charge is 0.406 e. The lowest BCUT2D eigenvalue weighted by molar-refractivity contribution is -0.140. The van der Waals surface area contributed by atoms with Crippen molar-refractivity contribution in [2.45, 2.75) is 76.2 Å². The highest BCUT2D eigenvalue weighted by Gasteiger charge is 2.30. The fraction of sp³-hybridized carbons (Fsp3) is 0.467. The van der Waals surface area contributed by atoms with Gasteiger partial charge in [0, 0.05) is 34.1 Å². The number of hydrogen-bond acceptors (Lipinski definition) is 5. The van der Waals surface area contributed by atoms with Gasteiger partial charge < -0.3 is 25.7 Å². The van der Waals surface area contributed by atoms with Crippen molar-refractivity contribution in [1.82, 2.24) is 4.57 Å². The zero-order valence-corrected chi connectivity index (χ0v) is 24.2. The second-order valence-corrected chi connectivity index (χ2v) is 10.6. The molecule has 0 unspecified atom stereocenters. The summed E-state index contributed by atoms with van der Waals surface area (Å²) in [6.45, 7) is 4.88. The molecule has 1 aliphatic carbocycles. The van der Waals surface area contributed by atoms with Gasteiger partial charge >= 0.3 is 6.18 Å². The van der Waals surface area contributed by atoms with E-state index in [0.717, 1.165) is 37.1 Å². The van der Waals surface area contributed by atoms with Crippen molar-refractivity contribution in [3.63, 3.8) is 0 Å². The molecule has 10 heteroatoms. The van der Waals surface area contributed by atoms with E-state index in [-0.39, 0.29) is 30.1 Å². The van der Waals surface area contributed by atoms with Crippen LogP contribution in [-0.2, 0) is 6.54 Å². The lowest BCUT2D eigenvalue weighted by Gasteiger charge is -2.28. The molecule has 1 saturated carbocycles. The number of rotatable bonds is 8. The molecule has 0 saturated heterocycles. The second kappa shape index (κ2) is 14.6. The zero-order chi connectivity index (χ0) is 29.3. The first-order valence-electron chi connectivity index (χ1n) is 13.6. The van der Waals surface area contributed by atoms with E-state index < -0.39 is 12.7 Å². The second-order valence-electron chi connectivity index (χ2n) is 9.30. The third kappa shape index (κ3) is 8.24. The van der Waals surface area contributed by atoms with E-state index in [4.69, 9.17) is 10.5 Å². The molecular formula is C30H38F4N4OS. The van der Waals surface area contributed by atoms with Crippen LogP contribution in [0, 0.1) is 17.7 Å². The van der Waals surface area contributed by atoms with Crippen LogP contribution in [0.15, 0.2) is 41.3 Å². The maximum absolute atomic E-state index is 14.4. The predicted octanol–water partition coefficient (Wildman–Crippen LogP) is 7.63. The summed E-state index contributed by atoms with van der Waals surface area (Å²) in [5.74, 6) is 6.58. The van der Waals surface area contributed by atoms with Crippen LogP contribution in [-0.4, -0.2) is 42.2 Å². The van der Waals surface area contributed by atoms with Crippen LogP contribution in [0.25, 0.3) is 10.9 Å². The van der Waals surface area contributed by atoms with Gasteiger partial charge in [-0.3, -0.25) is 0 Å². The van der Waals surface area contributed by atoms with Gasteiger partial charge in [-0.25, -0.2) is 4.39 Å². The fourth-order valence-electron chi connectivity index (χ4n) is 4.73. The molecule has 0 radical (unpaired) electrons. The maximum atomic E-state index is 14.4. The summed E-state index contributed by atoms with van der Waals surface area (Å²) in [5, 5.41) is 7.21. The molecular weight excluding hydrogens is 540 g/mol. The Hall–Kier alpha value is -3.03. The monoisotopic (exact) mass is 578 g/mol. The highest BCUT2D eigenvalue weighted by molar-refractivity contribution is 7.99. The average molecular weight is 579 g/mol. The molecule has 0 bridgehead atoms. The van der Waals surface area contributed by atoms with Gasteiger partial charge in [-0.1, -0.05) is 32.8 Å². The third-order valence-electron chi connectivity index (χ3n) is 6.55. The third-order valence-corrected chi connectivity index (χ3v) is 7.46. The number of halogens is 4. The minimum atomic E-state index is -4.41. The van der Waals surface area contributed by atoms with E-state index in [1.54, 1.807) is 24.3 Å². The molecule has 0 aliphatic heterocycles. The van der Waals surface area contributed by atoms with E-state index in [1.807, 2.05) is 26.8 Å². The zero-order valence-electron chi connectivity index (χ0n) is 23.4. The average Bonchev–Trinajstić information content (AvgIpc) is 3.27. The molecule has 1 fully saturated rings. The maximum Gasteiger partial charge on any atom is 0.406 e. The number of benzene rings is 2. The molecule has 4 N–H and O–H groups in total. The SMILES string of the molecule is CC.CCSc1cc(OC)c(NCC#Cc2cc3c(NC4CCC(N)CC4)cccc3n2CC(F)(F)F)cc1F. The molecule has 218 valence electrons. The van der Waals surface area contributed by atoms with Crippen molar-refractivity contribution in [2.75, 3.05) is 30.0 Å². The molecule has 0 amide bonds. The summed E-state index contributed by atoms with van der Waals surface area (Å²) in [7, 11) is 1.49. The Kier molecular flexibility index (Phi) is 11.5. The summed E-state index contributed by atoms with van der Waals surface area (Å²) < 4.78 is 61.5. The molecule has 2 aromatic carbocycles. The van der Waals surface area contributed by atoms with E-state index in [2.05, 4.69) is 22.5 Å². The molecule has 4 rings (SSSR count). The molecule has 1 aromatic heterocycles. The van der Waals surface area contributed by atoms with Crippen LogP contribution in [0.2, 0.25) is 0 Å². The normalized spacial score (nSPS) is 16.9. The Bertz CT molecular complexity index is 1320. The van der Waals surface area contributed by atoms with Crippen molar-refractivity contribution >= 4 is 34.0 Å². The fourth-order valence-corrected chi connectivity index (χ4v) is 5.43. The summed E-state index contributed by atoms with van der Waals surface area (Å²) >= 11 is 1.37. The molecule has 0 spiro atoms. The van der Waals surface area contributed by atoms with Crippen molar-refractivity contribution < 1.29 is 22.3 Å². The molecule has 5 nitrogen and oxygen atoms in total. The minimum Gasteiger partial charge on any atom is -0.495 e. The topological polar surface area (TPSA) is 64.2 Å². The van der Waals surface area contributed by atoms with Gasteiger partial charge in [0.2, 0.25) is 0 Å². The first-order chi connectivity index (χ1) is 19.2. The number of methoxy groups -OCH3 is 1.